The van der Waals surface area contributed by atoms with Crippen molar-refractivity contribution in [3.8, 4) is 11.5 Å². The minimum atomic E-state index is -0.361. The third-order valence-electron chi connectivity index (χ3n) is 5.28. The Morgan fingerprint density at radius 3 is 2.47 bits per heavy atom. The molecule has 0 aliphatic carbocycles. The second-order valence-electron chi connectivity index (χ2n) is 8.10. The molecule has 10 heteroatoms. The lowest BCUT2D eigenvalue weighted by atomic mass is 10.1. The van der Waals surface area contributed by atoms with E-state index >= 15 is 0 Å². The van der Waals surface area contributed by atoms with Crippen molar-refractivity contribution in [2.45, 2.75) is 26.4 Å². The van der Waals surface area contributed by atoms with Crippen LogP contribution in [-0.4, -0.2) is 34.8 Å². The van der Waals surface area contributed by atoms with Gasteiger partial charge in [-0.1, -0.05) is 59.9 Å². The highest BCUT2D eigenvalue weighted by Crippen LogP contribution is 2.32. The van der Waals surface area contributed by atoms with Gasteiger partial charge in [0.1, 0.15) is 11.1 Å². The Labute approximate surface area is 224 Å². The van der Waals surface area contributed by atoms with Crippen molar-refractivity contribution in [1.29, 1.82) is 0 Å². The zero-order chi connectivity index (χ0) is 26.7. The van der Waals surface area contributed by atoms with Gasteiger partial charge in [-0.2, -0.15) is 5.10 Å². The molecule has 0 saturated heterocycles. The molecule has 2 amide bonds. The van der Waals surface area contributed by atoms with Crippen LogP contribution in [0.3, 0.4) is 0 Å². The first-order chi connectivity index (χ1) is 18.5. The van der Waals surface area contributed by atoms with Crippen molar-refractivity contribution in [2.75, 3.05) is 11.9 Å². The molecule has 4 aromatic rings. The SMILES string of the molecule is CCOc1cc(/C=N\NC(=O)Cc2nnc(NC(=O)c3ccccc3)s2)ccc1O[C@H](C)c1ccccc1. The molecule has 2 N–H and O–H groups in total. The molecule has 9 nitrogen and oxygen atoms in total. The van der Waals surface area contributed by atoms with Crippen LogP contribution in [0.4, 0.5) is 5.13 Å². The van der Waals surface area contributed by atoms with Gasteiger partial charge in [0.2, 0.25) is 11.0 Å². The number of benzene rings is 3. The van der Waals surface area contributed by atoms with Gasteiger partial charge >= 0.3 is 0 Å². The number of nitrogens with zero attached hydrogens (tertiary/aromatic N) is 3. The summed E-state index contributed by atoms with van der Waals surface area (Å²) in [7, 11) is 0. The summed E-state index contributed by atoms with van der Waals surface area (Å²) in [5.41, 5.74) is 4.79. The molecule has 38 heavy (non-hydrogen) atoms. The van der Waals surface area contributed by atoms with E-state index in [0.29, 0.717) is 33.8 Å². The van der Waals surface area contributed by atoms with Gasteiger partial charge in [-0.15, -0.1) is 10.2 Å². The molecule has 1 heterocycles. The number of hydrogen-bond acceptors (Lipinski definition) is 8. The predicted octanol–water partition coefficient (Wildman–Crippen LogP) is 5.02. The highest BCUT2D eigenvalue weighted by atomic mass is 32.1. The number of hydrazone groups is 1. The van der Waals surface area contributed by atoms with Crippen LogP contribution in [0.1, 0.15) is 46.4 Å². The molecule has 0 aliphatic rings. The number of aromatic nitrogens is 2. The maximum atomic E-state index is 12.3. The predicted molar refractivity (Wildman–Crippen MR) is 147 cm³/mol. The fourth-order valence-electron chi connectivity index (χ4n) is 3.44. The van der Waals surface area contributed by atoms with E-state index in [0.717, 1.165) is 22.5 Å². The number of hydrogen-bond donors (Lipinski definition) is 2. The third kappa shape index (κ3) is 7.47. The maximum Gasteiger partial charge on any atom is 0.257 e. The minimum Gasteiger partial charge on any atom is -0.490 e. The lowest BCUT2D eigenvalue weighted by Crippen LogP contribution is -2.19. The normalized spacial score (nSPS) is 11.6. The van der Waals surface area contributed by atoms with Crippen LogP contribution in [0.5, 0.6) is 11.5 Å². The van der Waals surface area contributed by atoms with E-state index in [4.69, 9.17) is 9.47 Å². The minimum absolute atomic E-state index is 0.0233. The van der Waals surface area contributed by atoms with Crippen molar-refractivity contribution >= 4 is 34.5 Å². The number of amides is 2. The molecule has 3 aromatic carbocycles. The monoisotopic (exact) mass is 529 g/mol. The van der Waals surface area contributed by atoms with E-state index in [1.807, 2.05) is 62.4 Å². The van der Waals surface area contributed by atoms with Crippen LogP contribution >= 0.6 is 11.3 Å². The highest BCUT2D eigenvalue weighted by molar-refractivity contribution is 7.15. The zero-order valence-corrected chi connectivity index (χ0v) is 21.8. The molecular weight excluding hydrogens is 502 g/mol. The van der Waals surface area contributed by atoms with Crippen LogP contribution in [-0.2, 0) is 11.2 Å². The Morgan fingerprint density at radius 1 is 1.00 bits per heavy atom. The zero-order valence-electron chi connectivity index (χ0n) is 21.0. The number of carbonyl (C=O) groups excluding carboxylic acids is 2. The van der Waals surface area contributed by atoms with Crippen LogP contribution < -0.4 is 20.2 Å². The lowest BCUT2D eigenvalue weighted by Gasteiger charge is -2.18. The van der Waals surface area contributed by atoms with Gasteiger partial charge in [-0.25, -0.2) is 5.43 Å². The van der Waals surface area contributed by atoms with Gasteiger partial charge in [-0.05, 0) is 55.3 Å². The van der Waals surface area contributed by atoms with Crippen molar-refractivity contribution in [3.63, 3.8) is 0 Å². The molecule has 0 aliphatic heterocycles. The van der Waals surface area contributed by atoms with E-state index in [-0.39, 0.29) is 24.3 Å². The van der Waals surface area contributed by atoms with Crippen molar-refractivity contribution < 1.29 is 19.1 Å². The van der Waals surface area contributed by atoms with Crippen molar-refractivity contribution in [2.24, 2.45) is 5.10 Å². The van der Waals surface area contributed by atoms with E-state index in [1.165, 1.54) is 6.21 Å². The van der Waals surface area contributed by atoms with Crippen LogP contribution in [0.15, 0.2) is 84.0 Å². The molecule has 0 radical (unpaired) electrons. The molecule has 1 atom stereocenters. The molecule has 194 valence electrons. The fraction of sp³-hybridized carbons (Fsp3) is 0.179. The summed E-state index contributed by atoms with van der Waals surface area (Å²) >= 11 is 1.13. The summed E-state index contributed by atoms with van der Waals surface area (Å²) in [5, 5.41) is 15.4. The average molecular weight is 530 g/mol. The molecule has 1 aromatic heterocycles. The summed E-state index contributed by atoms with van der Waals surface area (Å²) in [6, 6.07) is 24.2. The van der Waals surface area contributed by atoms with Gasteiger partial charge in [0.15, 0.2) is 11.5 Å². The summed E-state index contributed by atoms with van der Waals surface area (Å²) < 4.78 is 11.9. The first kappa shape index (κ1) is 26.5. The summed E-state index contributed by atoms with van der Waals surface area (Å²) in [6.07, 6.45) is 1.35. The second kappa shape index (κ2) is 13.1. The number of carbonyl (C=O) groups is 2. The summed E-state index contributed by atoms with van der Waals surface area (Å²) in [6.45, 7) is 4.36. The van der Waals surface area contributed by atoms with Gasteiger partial charge < -0.3 is 9.47 Å². The van der Waals surface area contributed by atoms with E-state index < -0.39 is 0 Å². The molecule has 0 bridgehead atoms. The Bertz CT molecular complexity index is 1390. The first-order valence-electron chi connectivity index (χ1n) is 12.0. The average Bonchev–Trinajstić information content (AvgIpc) is 3.37. The van der Waals surface area contributed by atoms with Crippen LogP contribution in [0.25, 0.3) is 0 Å². The molecule has 0 unspecified atom stereocenters. The summed E-state index contributed by atoms with van der Waals surface area (Å²) in [4.78, 5) is 24.6. The highest BCUT2D eigenvalue weighted by Gasteiger charge is 2.13. The number of anilines is 1. The molecule has 0 fully saturated rings. The number of rotatable bonds is 11. The fourth-order valence-corrected chi connectivity index (χ4v) is 4.18. The first-order valence-corrected chi connectivity index (χ1v) is 12.8. The standard InChI is InChI=1S/C28H27N5O4S/c1-3-36-24-16-20(14-15-23(24)37-19(2)21-10-6-4-7-11-21)18-29-31-25(34)17-26-32-33-28(38-26)30-27(35)22-12-8-5-9-13-22/h4-16,18-19H,3,17H2,1-2H3,(H,31,34)(H,30,33,35)/b29-18-/t19-/m1/s1. The molecular formula is C28H27N5O4S. The smallest absolute Gasteiger partial charge is 0.257 e. The van der Waals surface area contributed by atoms with E-state index in [9.17, 15) is 9.59 Å². The molecule has 0 spiro atoms. The van der Waals surface area contributed by atoms with Crippen molar-refractivity contribution in [1.82, 2.24) is 15.6 Å². The molecule has 0 saturated carbocycles. The maximum absolute atomic E-state index is 12.3. The quantitative estimate of drug-likeness (QED) is 0.208. The van der Waals surface area contributed by atoms with Crippen LogP contribution in [0, 0.1) is 0 Å². The Hall–Kier alpha value is -4.57. The topological polar surface area (TPSA) is 115 Å². The van der Waals surface area contributed by atoms with Gasteiger partial charge in [0.25, 0.3) is 5.91 Å². The van der Waals surface area contributed by atoms with E-state index in [1.54, 1.807) is 30.3 Å². The largest absolute Gasteiger partial charge is 0.490 e. The number of ether oxygens (including phenoxy) is 2. The second-order valence-corrected chi connectivity index (χ2v) is 9.16. The van der Waals surface area contributed by atoms with Crippen molar-refractivity contribution in [3.05, 3.63) is 101 Å². The van der Waals surface area contributed by atoms with Crippen LogP contribution in [0.2, 0.25) is 0 Å². The summed E-state index contributed by atoms with van der Waals surface area (Å²) in [5.74, 6) is 0.556. The Morgan fingerprint density at radius 2 is 1.74 bits per heavy atom. The van der Waals surface area contributed by atoms with Gasteiger partial charge in [0, 0.05) is 5.56 Å². The van der Waals surface area contributed by atoms with E-state index in [2.05, 4.69) is 26.0 Å². The third-order valence-corrected chi connectivity index (χ3v) is 6.12. The Kier molecular flexibility index (Phi) is 9.14. The van der Waals surface area contributed by atoms with Gasteiger partial charge in [0.05, 0.1) is 19.2 Å². The lowest BCUT2D eigenvalue weighted by molar-refractivity contribution is -0.120. The number of nitrogens with one attached hydrogen (secondary N) is 2. The van der Waals surface area contributed by atoms with Gasteiger partial charge in [-0.3, -0.25) is 14.9 Å². The Balaban J connectivity index is 1.31. The molecule has 4 rings (SSSR count).